The smallest absolute Gasteiger partial charge is 0.387 e. The summed E-state index contributed by atoms with van der Waals surface area (Å²) in [5, 5.41) is 6.20. The molecule has 1 aromatic heterocycles. The molecule has 1 aromatic rings. The van der Waals surface area contributed by atoms with Gasteiger partial charge in [-0.2, -0.15) is 8.78 Å². The highest BCUT2D eigenvalue weighted by Gasteiger charge is 2.06. The zero-order chi connectivity index (χ0) is 12.8. The van der Waals surface area contributed by atoms with E-state index in [-0.39, 0.29) is 29.7 Å². The van der Waals surface area contributed by atoms with Gasteiger partial charge in [-0.25, -0.2) is 0 Å². The molecule has 5 nitrogen and oxygen atoms in total. The largest absolute Gasteiger partial charge is 0.433 e. The number of nitrogens with one attached hydrogen (secondary N) is 2. The maximum Gasteiger partial charge on any atom is 0.387 e. The maximum atomic E-state index is 11.9. The van der Waals surface area contributed by atoms with E-state index in [0.29, 0.717) is 6.54 Å². The lowest BCUT2D eigenvalue weighted by Crippen LogP contribution is -2.40. The van der Waals surface area contributed by atoms with Gasteiger partial charge in [-0.15, -0.1) is 24.0 Å². The molecule has 0 saturated carbocycles. The number of halogens is 3. The molecule has 2 heterocycles. The van der Waals surface area contributed by atoms with Crippen LogP contribution < -0.4 is 15.4 Å². The molecule has 0 aliphatic carbocycles. The Morgan fingerprint density at radius 1 is 1.42 bits per heavy atom. The molecule has 8 heteroatoms. The molecule has 19 heavy (non-hydrogen) atoms. The zero-order valence-electron chi connectivity index (χ0n) is 10.1. The lowest BCUT2D eigenvalue weighted by molar-refractivity contribution is -0.0500. The molecule has 0 amide bonds. The number of hydrogen-bond donors (Lipinski definition) is 2. The highest BCUT2D eigenvalue weighted by Crippen LogP contribution is 2.12. The summed E-state index contributed by atoms with van der Waals surface area (Å²) in [6.07, 6.45) is 2.31. The number of nitrogens with zero attached hydrogens (tertiary/aromatic N) is 2. The molecule has 0 saturated heterocycles. The number of aliphatic imine (C=N–C) groups is 1. The van der Waals surface area contributed by atoms with Crippen LogP contribution in [-0.4, -0.2) is 30.6 Å². The van der Waals surface area contributed by atoms with Crippen molar-refractivity contribution in [2.75, 3.05) is 13.1 Å². The quantitative estimate of drug-likeness (QED) is 0.777. The molecule has 0 spiro atoms. The van der Waals surface area contributed by atoms with Gasteiger partial charge in [0, 0.05) is 13.1 Å². The van der Waals surface area contributed by atoms with Gasteiger partial charge in [0.25, 0.3) is 0 Å². The van der Waals surface area contributed by atoms with Gasteiger partial charge in [-0.3, -0.25) is 9.98 Å². The van der Waals surface area contributed by atoms with E-state index in [0.717, 1.165) is 31.2 Å². The minimum Gasteiger partial charge on any atom is -0.433 e. The molecule has 0 bridgehead atoms. The standard InChI is InChI=1S/C11H14F2N4O.HI/c12-10(13)18-9-3-2-8(16-7-9)6-17-11-14-4-1-5-15-11;/h2-3,7,10H,1,4-6H2,(H2,14,15,17);1H. The van der Waals surface area contributed by atoms with Crippen LogP contribution in [0.2, 0.25) is 0 Å². The Bertz CT molecular complexity index is 414. The fourth-order valence-electron chi connectivity index (χ4n) is 1.51. The Morgan fingerprint density at radius 2 is 2.26 bits per heavy atom. The highest BCUT2D eigenvalue weighted by atomic mass is 127. The monoisotopic (exact) mass is 384 g/mol. The van der Waals surface area contributed by atoms with Crippen LogP contribution >= 0.6 is 24.0 Å². The summed E-state index contributed by atoms with van der Waals surface area (Å²) in [7, 11) is 0. The normalized spacial score (nSPS) is 14.2. The van der Waals surface area contributed by atoms with Gasteiger partial charge in [0.15, 0.2) is 5.96 Å². The molecule has 0 fully saturated rings. The lowest BCUT2D eigenvalue weighted by Gasteiger charge is -2.15. The van der Waals surface area contributed by atoms with Crippen molar-refractivity contribution in [3.05, 3.63) is 24.0 Å². The van der Waals surface area contributed by atoms with Gasteiger partial charge >= 0.3 is 6.61 Å². The molecule has 1 aliphatic rings. The molecule has 0 atom stereocenters. The Balaban J connectivity index is 0.00000180. The summed E-state index contributed by atoms with van der Waals surface area (Å²) in [6.45, 7) is -0.623. The predicted molar refractivity (Wildman–Crippen MR) is 78.0 cm³/mol. The molecule has 1 aliphatic heterocycles. The van der Waals surface area contributed by atoms with E-state index >= 15 is 0 Å². The minimum absolute atomic E-state index is 0. The summed E-state index contributed by atoms with van der Waals surface area (Å²) >= 11 is 0. The first-order valence-corrected chi connectivity index (χ1v) is 5.66. The van der Waals surface area contributed by atoms with E-state index in [1.54, 1.807) is 6.07 Å². The van der Waals surface area contributed by atoms with Gasteiger partial charge in [0.1, 0.15) is 5.75 Å². The van der Waals surface area contributed by atoms with Crippen molar-refractivity contribution < 1.29 is 13.5 Å². The topological polar surface area (TPSA) is 58.5 Å². The average molecular weight is 384 g/mol. The van der Waals surface area contributed by atoms with Gasteiger partial charge in [0.05, 0.1) is 18.4 Å². The van der Waals surface area contributed by atoms with Crippen molar-refractivity contribution in [1.82, 2.24) is 15.6 Å². The lowest BCUT2D eigenvalue weighted by atomic mass is 10.3. The molecular formula is C11H15F2IN4O. The Labute approximate surface area is 126 Å². The number of alkyl halides is 2. The van der Waals surface area contributed by atoms with E-state index < -0.39 is 6.61 Å². The van der Waals surface area contributed by atoms with Gasteiger partial charge in [-0.05, 0) is 18.6 Å². The van der Waals surface area contributed by atoms with Crippen LogP contribution in [0.3, 0.4) is 0 Å². The van der Waals surface area contributed by atoms with Crippen molar-refractivity contribution in [2.45, 2.75) is 19.6 Å². The third-order valence-corrected chi connectivity index (χ3v) is 2.36. The summed E-state index contributed by atoms with van der Waals surface area (Å²) in [5.74, 6) is 0.804. The second-order valence-electron chi connectivity index (χ2n) is 3.73. The van der Waals surface area contributed by atoms with Crippen LogP contribution in [0.4, 0.5) is 8.78 Å². The van der Waals surface area contributed by atoms with Gasteiger partial charge < -0.3 is 15.4 Å². The van der Waals surface area contributed by atoms with Crippen LogP contribution in [0.15, 0.2) is 23.3 Å². The molecule has 106 valence electrons. The summed E-state index contributed by atoms with van der Waals surface area (Å²) in [6, 6.07) is 3.10. The molecule has 2 N–H and O–H groups in total. The van der Waals surface area contributed by atoms with Gasteiger partial charge in [-0.1, -0.05) is 0 Å². The summed E-state index contributed by atoms with van der Waals surface area (Å²) < 4.78 is 28.1. The molecule has 0 radical (unpaired) electrons. The molecule has 0 aromatic carbocycles. The second-order valence-corrected chi connectivity index (χ2v) is 3.73. The number of hydrogen-bond acceptors (Lipinski definition) is 5. The van der Waals surface area contributed by atoms with E-state index in [1.807, 2.05) is 0 Å². The maximum absolute atomic E-state index is 11.9. The van der Waals surface area contributed by atoms with E-state index in [2.05, 4.69) is 25.3 Å². The fourth-order valence-corrected chi connectivity index (χ4v) is 1.51. The second kappa shape index (κ2) is 8.08. The first-order chi connectivity index (χ1) is 8.74. The zero-order valence-corrected chi connectivity index (χ0v) is 12.4. The molecular weight excluding hydrogens is 369 g/mol. The van der Waals surface area contributed by atoms with Crippen LogP contribution in [0.5, 0.6) is 5.75 Å². The van der Waals surface area contributed by atoms with Crippen molar-refractivity contribution in [1.29, 1.82) is 0 Å². The molecule has 2 rings (SSSR count). The average Bonchev–Trinajstić information content (AvgIpc) is 2.38. The number of pyridine rings is 1. The highest BCUT2D eigenvalue weighted by molar-refractivity contribution is 14.0. The number of rotatable bonds is 4. The first kappa shape index (κ1) is 15.9. The number of ether oxygens (including phenoxy) is 1. The summed E-state index contributed by atoms with van der Waals surface area (Å²) in [4.78, 5) is 8.26. The van der Waals surface area contributed by atoms with Crippen LogP contribution in [0, 0.1) is 0 Å². The first-order valence-electron chi connectivity index (χ1n) is 5.66. The van der Waals surface area contributed by atoms with Crippen LogP contribution in [-0.2, 0) is 6.54 Å². The third-order valence-electron chi connectivity index (χ3n) is 2.36. The van der Waals surface area contributed by atoms with Gasteiger partial charge in [0.2, 0.25) is 0 Å². The fraction of sp³-hybridized carbons (Fsp3) is 0.455. The van der Waals surface area contributed by atoms with Crippen molar-refractivity contribution in [3.8, 4) is 5.75 Å². The van der Waals surface area contributed by atoms with Crippen molar-refractivity contribution in [3.63, 3.8) is 0 Å². The third kappa shape index (κ3) is 5.53. The van der Waals surface area contributed by atoms with E-state index in [4.69, 9.17) is 0 Å². The number of guanidine groups is 1. The van der Waals surface area contributed by atoms with Crippen molar-refractivity contribution in [2.24, 2.45) is 4.99 Å². The van der Waals surface area contributed by atoms with E-state index in [1.165, 1.54) is 12.3 Å². The minimum atomic E-state index is -2.82. The van der Waals surface area contributed by atoms with Crippen LogP contribution in [0.25, 0.3) is 0 Å². The van der Waals surface area contributed by atoms with E-state index in [9.17, 15) is 8.78 Å². The van der Waals surface area contributed by atoms with Crippen LogP contribution in [0.1, 0.15) is 12.1 Å². The Hall–Kier alpha value is -1.19. The SMILES string of the molecule is FC(F)Oc1ccc(CNC2=NCCCN2)nc1.I. The number of aromatic nitrogens is 1. The Morgan fingerprint density at radius 3 is 2.84 bits per heavy atom. The predicted octanol–water partition coefficient (Wildman–Crippen LogP) is 1.74. The summed E-state index contributed by atoms with van der Waals surface area (Å²) in [5.41, 5.74) is 0.728. The Kier molecular flexibility index (Phi) is 6.74. The molecule has 0 unspecified atom stereocenters. The van der Waals surface area contributed by atoms with Crippen molar-refractivity contribution >= 4 is 29.9 Å².